The number of carboxylic acid groups (broad SMARTS) is 1. The normalized spacial score (nSPS) is 13.1. The SMILES string of the molecule is Cc1csc(CN(C)CC(C)C(=O)O)n1. The van der Waals surface area contributed by atoms with Crippen molar-refractivity contribution in [3.8, 4) is 0 Å². The van der Waals surface area contributed by atoms with Gasteiger partial charge in [0.25, 0.3) is 0 Å². The molecule has 0 aliphatic rings. The van der Waals surface area contributed by atoms with Gasteiger partial charge >= 0.3 is 5.97 Å². The number of carbonyl (C=O) groups is 1. The molecule has 0 saturated heterocycles. The van der Waals surface area contributed by atoms with Crippen LogP contribution < -0.4 is 0 Å². The van der Waals surface area contributed by atoms with Crippen LogP contribution in [0.3, 0.4) is 0 Å². The van der Waals surface area contributed by atoms with Gasteiger partial charge < -0.3 is 5.11 Å². The number of aryl methyl sites for hydroxylation is 1. The highest BCUT2D eigenvalue weighted by Crippen LogP contribution is 2.11. The Morgan fingerprint density at radius 2 is 2.40 bits per heavy atom. The summed E-state index contributed by atoms with van der Waals surface area (Å²) >= 11 is 1.61. The van der Waals surface area contributed by atoms with Crippen LogP contribution in [-0.2, 0) is 11.3 Å². The molecule has 5 heteroatoms. The fraction of sp³-hybridized carbons (Fsp3) is 0.600. The Balaban J connectivity index is 2.42. The largest absolute Gasteiger partial charge is 0.481 e. The second kappa shape index (κ2) is 5.23. The Hall–Kier alpha value is -0.940. The third-order valence-electron chi connectivity index (χ3n) is 2.08. The van der Waals surface area contributed by atoms with Gasteiger partial charge in [-0.2, -0.15) is 0 Å². The van der Waals surface area contributed by atoms with Crippen molar-refractivity contribution in [2.24, 2.45) is 5.92 Å². The van der Waals surface area contributed by atoms with Crippen LogP contribution in [0.1, 0.15) is 17.6 Å². The molecule has 0 spiro atoms. The van der Waals surface area contributed by atoms with E-state index in [0.29, 0.717) is 6.54 Å². The molecule has 1 atom stereocenters. The average Bonchev–Trinajstić information content (AvgIpc) is 2.50. The minimum Gasteiger partial charge on any atom is -0.481 e. The summed E-state index contributed by atoms with van der Waals surface area (Å²) in [7, 11) is 1.91. The maximum absolute atomic E-state index is 10.7. The molecule has 1 aromatic heterocycles. The minimum absolute atomic E-state index is 0.337. The van der Waals surface area contributed by atoms with Crippen LogP contribution in [-0.4, -0.2) is 34.6 Å². The first-order chi connectivity index (χ1) is 6.99. The number of hydrogen-bond acceptors (Lipinski definition) is 4. The number of thiazole rings is 1. The minimum atomic E-state index is -0.753. The highest BCUT2D eigenvalue weighted by Gasteiger charge is 2.14. The molecular formula is C10H16N2O2S. The summed E-state index contributed by atoms with van der Waals surface area (Å²) in [5, 5.41) is 11.8. The molecule has 1 rings (SSSR count). The van der Waals surface area contributed by atoms with Gasteiger partial charge in [0.1, 0.15) is 5.01 Å². The number of carboxylic acids is 1. The molecule has 1 heterocycles. The zero-order valence-corrected chi connectivity index (χ0v) is 10.0. The van der Waals surface area contributed by atoms with Crippen molar-refractivity contribution in [1.82, 2.24) is 9.88 Å². The zero-order valence-electron chi connectivity index (χ0n) is 9.23. The van der Waals surface area contributed by atoms with E-state index >= 15 is 0 Å². The van der Waals surface area contributed by atoms with Crippen molar-refractivity contribution >= 4 is 17.3 Å². The molecule has 0 fully saturated rings. The van der Waals surface area contributed by atoms with E-state index < -0.39 is 5.97 Å². The third kappa shape index (κ3) is 3.97. The standard InChI is InChI=1S/C10H16N2O2S/c1-7(10(13)14)4-12(3)5-9-11-8(2)6-15-9/h6-7H,4-5H2,1-3H3,(H,13,14). The predicted molar refractivity (Wildman–Crippen MR) is 60.0 cm³/mol. The molecule has 0 aliphatic heterocycles. The van der Waals surface area contributed by atoms with E-state index in [9.17, 15) is 4.79 Å². The van der Waals surface area contributed by atoms with Crippen LogP contribution in [0, 0.1) is 12.8 Å². The maximum atomic E-state index is 10.7. The van der Waals surface area contributed by atoms with Crippen LogP contribution in [0.4, 0.5) is 0 Å². The Bertz CT molecular complexity index is 338. The molecule has 4 nitrogen and oxygen atoms in total. The first-order valence-electron chi connectivity index (χ1n) is 4.81. The Morgan fingerprint density at radius 3 is 2.87 bits per heavy atom. The fourth-order valence-electron chi connectivity index (χ4n) is 1.32. The second-order valence-corrected chi connectivity index (χ2v) is 4.76. The van der Waals surface area contributed by atoms with Gasteiger partial charge in [0.05, 0.1) is 12.5 Å². The van der Waals surface area contributed by atoms with Crippen molar-refractivity contribution < 1.29 is 9.90 Å². The molecule has 0 saturated carbocycles. The van der Waals surface area contributed by atoms with Crippen LogP contribution >= 0.6 is 11.3 Å². The molecule has 15 heavy (non-hydrogen) atoms. The van der Waals surface area contributed by atoms with Gasteiger partial charge in [-0.25, -0.2) is 4.98 Å². The lowest BCUT2D eigenvalue weighted by atomic mass is 10.2. The Morgan fingerprint density at radius 1 is 1.73 bits per heavy atom. The van der Waals surface area contributed by atoms with Crippen molar-refractivity contribution in [3.63, 3.8) is 0 Å². The summed E-state index contributed by atoms with van der Waals surface area (Å²) in [6.45, 7) is 4.94. The van der Waals surface area contributed by atoms with Crippen molar-refractivity contribution in [2.75, 3.05) is 13.6 Å². The van der Waals surface area contributed by atoms with Gasteiger partial charge in [0.2, 0.25) is 0 Å². The summed E-state index contributed by atoms with van der Waals surface area (Å²) in [4.78, 5) is 17.0. The van der Waals surface area contributed by atoms with E-state index in [1.165, 1.54) is 0 Å². The Kier molecular flexibility index (Phi) is 4.23. The van der Waals surface area contributed by atoms with Gasteiger partial charge in [0, 0.05) is 17.6 Å². The van der Waals surface area contributed by atoms with Crippen LogP contribution in [0.5, 0.6) is 0 Å². The first kappa shape index (κ1) is 12.1. The van der Waals surface area contributed by atoms with Crippen molar-refractivity contribution in [3.05, 3.63) is 16.1 Å². The van der Waals surface area contributed by atoms with E-state index in [1.54, 1.807) is 18.3 Å². The van der Waals surface area contributed by atoms with Gasteiger partial charge in [-0.3, -0.25) is 9.69 Å². The molecule has 0 aromatic carbocycles. The maximum Gasteiger partial charge on any atom is 0.307 e. The smallest absolute Gasteiger partial charge is 0.307 e. The van der Waals surface area contributed by atoms with E-state index in [0.717, 1.165) is 17.2 Å². The number of hydrogen-bond donors (Lipinski definition) is 1. The van der Waals surface area contributed by atoms with Crippen molar-refractivity contribution in [1.29, 1.82) is 0 Å². The van der Waals surface area contributed by atoms with Crippen molar-refractivity contribution in [2.45, 2.75) is 20.4 Å². The summed E-state index contributed by atoms with van der Waals surface area (Å²) in [5.74, 6) is -1.09. The first-order valence-corrected chi connectivity index (χ1v) is 5.69. The van der Waals surface area contributed by atoms with E-state index in [-0.39, 0.29) is 5.92 Å². The molecule has 1 N–H and O–H groups in total. The second-order valence-electron chi connectivity index (χ2n) is 3.82. The molecule has 1 aromatic rings. The number of aromatic nitrogens is 1. The molecule has 1 unspecified atom stereocenters. The predicted octanol–water partition coefficient (Wildman–Crippen LogP) is 1.60. The van der Waals surface area contributed by atoms with Gasteiger partial charge in [-0.05, 0) is 14.0 Å². The van der Waals surface area contributed by atoms with Gasteiger partial charge in [-0.15, -0.1) is 11.3 Å². The Labute approximate surface area is 93.6 Å². The summed E-state index contributed by atoms with van der Waals surface area (Å²) in [6, 6.07) is 0. The van der Waals surface area contributed by atoms with E-state index in [4.69, 9.17) is 5.11 Å². The molecule has 0 radical (unpaired) electrons. The lowest BCUT2D eigenvalue weighted by Crippen LogP contribution is -2.28. The molecule has 0 amide bonds. The monoisotopic (exact) mass is 228 g/mol. The fourth-order valence-corrected chi connectivity index (χ4v) is 2.17. The summed E-state index contributed by atoms with van der Waals surface area (Å²) < 4.78 is 0. The number of nitrogens with zero attached hydrogens (tertiary/aromatic N) is 2. The van der Waals surface area contributed by atoms with Crippen LogP contribution in [0.25, 0.3) is 0 Å². The molecule has 0 bridgehead atoms. The highest BCUT2D eigenvalue weighted by molar-refractivity contribution is 7.09. The average molecular weight is 228 g/mol. The van der Waals surface area contributed by atoms with Crippen LogP contribution in [0.2, 0.25) is 0 Å². The third-order valence-corrected chi connectivity index (χ3v) is 3.03. The van der Waals surface area contributed by atoms with Gasteiger partial charge in [0.15, 0.2) is 0 Å². The molecular weight excluding hydrogens is 212 g/mol. The zero-order chi connectivity index (χ0) is 11.4. The lowest BCUT2D eigenvalue weighted by Gasteiger charge is -2.17. The van der Waals surface area contributed by atoms with Crippen LogP contribution in [0.15, 0.2) is 5.38 Å². The highest BCUT2D eigenvalue weighted by atomic mass is 32.1. The molecule has 84 valence electrons. The number of aliphatic carboxylic acids is 1. The van der Waals surface area contributed by atoms with Gasteiger partial charge in [-0.1, -0.05) is 6.92 Å². The topological polar surface area (TPSA) is 53.4 Å². The molecule has 0 aliphatic carbocycles. The number of rotatable bonds is 5. The van der Waals surface area contributed by atoms with E-state index in [1.807, 2.05) is 24.3 Å². The lowest BCUT2D eigenvalue weighted by molar-refractivity contribution is -0.141. The van der Waals surface area contributed by atoms with E-state index in [2.05, 4.69) is 4.98 Å². The summed E-state index contributed by atoms with van der Waals surface area (Å²) in [5.41, 5.74) is 1.02. The summed E-state index contributed by atoms with van der Waals surface area (Å²) in [6.07, 6.45) is 0. The quantitative estimate of drug-likeness (QED) is 0.831.